The summed E-state index contributed by atoms with van der Waals surface area (Å²) in [4.78, 5) is 0. The summed E-state index contributed by atoms with van der Waals surface area (Å²) < 4.78 is 5.67. The zero-order valence-corrected chi connectivity index (χ0v) is 11.3. The van der Waals surface area contributed by atoms with Gasteiger partial charge < -0.3 is 15.8 Å². The maximum Gasteiger partial charge on any atom is 0.0613 e. The second-order valence-corrected chi connectivity index (χ2v) is 6.00. The van der Waals surface area contributed by atoms with E-state index in [9.17, 15) is 0 Å². The van der Waals surface area contributed by atoms with E-state index in [-0.39, 0.29) is 11.5 Å². The van der Waals surface area contributed by atoms with Gasteiger partial charge in [0.05, 0.1) is 6.10 Å². The average molecular weight is 228 g/mol. The zero-order chi connectivity index (χ0) is 12.2. The molecule has 0 spiro atoms. The van der Waals surface area contributed by atoms with Crippen molar-refractivity contribution < 1.29 is 4.74 Å². The van der Waals surface area contributed by atoms with Crippen molar-refractivity contribution >= 4 is 0 Å². The van der Waals surface area contributed by atoms with Gasteiger partial charge in [0, 0.05) is 25.7 Å². The van der Waals surface area contributed by atoms with Crippen molar-refractivity contribution in [2.45, 2.75) is 52.7 Å². The first-order chi connectivity index (χ1) is 7.45. The maximum atomic E-state index is 6.11. The molecule has 3 unspecified atom stereocenters. The number of rotatable bonds is 5. The standard InChI is InChI=1S/C13H28N2O/c1-5-11-10(6-7-16-11)8-15-9-12(14)13(2,3)4/h10-12,15H,5-9,14H2,1-4H3. The minimum absolute atomic E-state index is 0.184. The summed E-state index contributed by atoms with van der Waals surface area (Å²) in [7, 11) is 0. The van der Waals surface area contributed by atoms with Crippen LogP contribution in [0.5, 0.6) is 0 Å². The monoisotopic (exact) mass is 228 g/mol. The van der Waals surface area contributed by atoms with Crippen LogP contribution in [0, 0.1) is 11.3 Å². The van der Waals surface area contributed by atoms with Crippen molar-refractivity contribution in [1.29, 1.82) is 0 Å². The molecule has 0 aliphatic carbocycles. The highest BCUT2D eigenvalue weighted by molar-refractivity contribution is 4.81. The molecule has 0 saturated carbocycles. The highest BCUT2D eigenvalue weighted by Crippen LogP contribution is 2.22. The highest BCUT2D eigenvalue weighted by atomic mass is 16.5. The van der Waals surface area contributed by atoms with Crippen molar-refractivity contribution in [2.24, 2.45) is 17.1 Å². The summed E-state index contributed by atoms with van der Waals surface area (Å²) in [6.45, 7) is 11.6. The third-order valence-electron chi connectivity index (χ3n) is 3.63. The molecular formula is C13H28N2O. The number of ether oxygens (including phenoxy) is 1. The van der Waals surface area contributed by atoms with E-state index in [0.29, 0.717) is 12.0 Å². The molecule has 1 rings (SSSR count). The number of hydrogen-bond donors (Lipinski definition) is 2. The Morgan fingerprint density at radius 3 is 2.69 bits per heavy atom. The van der Waals surface area contributed by atoms with Gasteiger partial charge in [-0.3, -0.25) is 0 Å². The molecule has 0 aromatic rings. The Kier molecular flexibility index (Phi) is 5.22. The van der Waals surface area contributed by atoms with Crippen LogP contribution in [0.2, 0.25) is 0 Å². The van der Waals surface area contributed by atoms with E-state index in [2.05, 4.69) is 33.0 Å². The Hall–Kier alpha value is -0.120. The van der Waals surface area contributed by atoms with E-state index >= 15 is 0 Å². The summed E-state index contributed by atoms with van der Waals surface area (Å²) in [5.41, 5.74) is 6.29. The minimum atomic E-state index is 0.184. The SMILES string of the molecule is CCC1OCCC1CNCC(N)C(C)(C)C. The predicted molar refractivity (Wildman–Crippen MR) is 68.4 cm³/mol. The molecule has 3 nitrogen and oxygen atoms in total. The van der Waals surface area contributed by atoms with Gasteiger partial charge in [-0.2, -0.15) is 0 Å². The van der Waals surface area contributed by atoms with Crippen LogP contribution >= 0.6 is 0 Å². The normalized spacial score (nSPS) is 28.3. The number of nitrogens with one attached hydrogen (secondary N) is 1. The second-order valence-electron chi connectivity index (χ2n) is 6.00. The van der Waals surface area contributed by atoms with Crippen LogP contribution in [0.4, 0.5) is 0 Å². The molecule has 0 bridgehead atoms. The lowest BCUT2D eigenvalue weighted by Gasteiger charge is -2.28. The molecule has 1 fully saturated rings. The molecule has 1 aliphatic rings. The van der Waals surface area contributed by atoms with Crippen LogP contribution in [0.3, 0.4) is 0 Å². The van der Waals surface area contributed by atoms with E-state index in [1.54, 1.807) is 0 Å². The minimum Gasteiger partial charge on any atom is -0.378 e. The van der Waals surface area contributed by atoms with Crippen LogP contribution in [0.25, 0.3) is 0 Å². The molecule has 0 amide bonds. The third kappa shape index (κ3) is 4.04. The van der Waals surface area contributed by atoms with Crippen molar-refractivity contribution in [3.63, 3.8) is 0 Å². The van der Waals surface area contributed by atoms with Crippen LogP contribution in [0.1, 0.15) is 40.5 Å². The van der Waals surface area contributed by atoms with Crippen LogP contribution in [-0.4, -0.2) is 31.8 Å². The van der Waals surface area contributed by atoms with E-state index in [0.717, 1.165) is 26.1 Å². The van der Waals surface area contributed by atoms with E-state index in [4.69, 9.17) is 10.5 Å². The fraction of sp³-hybridized carbons (Fsp3) is 1.00. The van der Waals surface area contributed by atoms with Crippen molar-refractivity contribution in [3.05, 3.63) is 0 Å². The number of hydrogen-bond acceptors (Lipinski definition) is 3. The summed E-state index contributed by atoms with van der Waals surface area (Å²) >= 11 is 0. The van der Waals surface area contributed by atoms with Gasteiger partial charge in [0.2, 0.25) is 0 Å². The molecular weight excluding hydrogens is 200 g/mol. The highest BCUT2D eigenvalue weighted by Gasteiger charge is 2.27. The second kappa shape index (κ2) is 5.99. The molecule has 0 aromatic heterocycles. The van der Waals surface area contributed by atoms with Gasteiger partial charge in [-0.25, -0.2) is 0 Å². The number of nitrogens with two attached hydrogens (primary N) is 1. The van der Waals surface area contributed by atoms with Crippen molar-refractivity contribution in [3.8, 4) is 0 Å². The molecule has 96 valence electrons. The molecule has 3 atom stereocenters. The van der Waals surface area contributed by atoms with E-state index in [1.807, 2.05) is 0 Å². The molecule has 1 heterocycles. The Morgan fingerprint density at radius 1 is 1.44 bits per heavy atom. The lowest BCUT2D eigenvalue weighted by atomic mass is 9.87. The first-order valence-electron chi connectivity index (χ1n) is 6.53. The largest absolute Gasteiger partial charge is 0.378 e. The summed E-state index contributed by atoms with van der Waals surface area (Å²) in [5, 5.41) is 3.49. The Bertz CT molecular complexity index is 201. The topological polar surface area (TPSA) is 47.3 Å². The van der Waals surface area contributed by atoms with Gasteiger partial charge in [-0.15, -0.1) is 0 Å². The van der Waals surface area contributed by atoms with Gasteiger partial charge in [0.1, 0.15) is 0 Å². The Balaban J connectivity index is 2.20. The third-order valence-corrected chi connectivity index (χ3v) is 3.63. The first kappa shape index (κ1) is 13.9. The summed E-state index contributed by atoms with van der Waals surface area (Å²) in [6, 6.07) is 0.217. The fourth-order valence-electron chi connectivity index (χ4n) is 2.11. The van der Waals surface area contributed by atoms with E-state index < -0.39 is 0 Å². The van der Waals surface area contributed by atoms with Crippen molar-refractivity contribution in [2.75, 3.05) is 19.7 Å². The van der Waals surface area contributed by atoms with Crippen LogP contribution in [-0.2, 0) is 4.74 Å². The quantitative estimate of drug-likeness (QED) is 0.754. The average Bonchev–Trinajstić information content (AvgIpc) is 2.63. The maximum absolute atomic E-state index is 6.11. The first-order valence-corrected chi connectivity index (χ1v) is 6.53. The van der Waals surface area contributed by atoms with Gasteiger partial charge in [0.25, 0.3) is 0 Å². The molecule has 1 saturated heterocycles. The molecule has 0 aromatic carbocycles. The molecule has 16 heavy (non-hydrogen) atoms. The fourth-order valence-corrected chi connectivity index (χ4v) is 2.11. The predicted octanol–water partition coefficient (Wildman–Crippen LogP) is 1.76. The van der Waals surface area contributed by atoms with Gasteiger partial charge in [0.15, 0.2) is 0 Å². The summed E-state index contributed by atoms with van der Waals surface area (Å²) in [6.07, 6.45) is 2.77. The Labute approximate surface area is 100 Å². The van der Waals surface area contributed by atoms with Crippen LogP contribution in [0.15, 0.2) is 0 Å². The van der Waals surface area contributed by atoms with Gasteiger partial charge in [-0.1, -0.05) is 27.7 Å². The molecule has 3 N–H and O–H groups in total. The summed E-state index contributed by atoms with van der Waals surface area (Å²) in [5.74, 6) is 0.678. The molecule has 1 aliphatic heterocycles. The zero-order valence-electron chi connectivity index (χ0n) is 11.3. The lowest BCUT2D eigenvalue weighted by Crippen LogP contribution is -2.45. The smallest absolute Gasteiger partial charge is 0.0613 e. The van der Waals surface area contributed by atoms with Crippen LogP contribution < -0.4 is 11.1 Å². The molecule has 0 radical (unpaired) electrons. The van der Waals surface area contributed by atoms with E-state index in [1.165, 1.54) is 6.42 Å². The lowest BCUT2D eigenvalue weighted by molar-refractivity contribution is 0.0870. The van der Waals surface area contributed by atoms with Crippen molar-refractivity contribution in [1.82, 2.24) is 5.32 Å². The molecule has 3 heteroatoms. The Morgan fingerprint density at radius 2 is 2.12 bits per heavy atom. The van der Waals surface area contributed by atoms with Gasteiger partial charge in [-0.05, 0) is 24.2 Å². The van der Waals surface area contributed by atoms with Gasteiger partial charge >= 0.3 is 0 Å².